The third-order valence-electron chi connectivity index (χ3n) is 4.87. The van der Waals surface area contributed by atoms with Gasteiger partial charge in [-0.3, -0.25) is 14.4 Å². The lowest BCUT2D eigenvalue weighted by Gasteiger charge is -2.22. The summed E-state index contributed by atoms with van der Waals surface area (Å²) in [5, 5.41) is 8.74. The number of carbonyl (C=O) groups is 3. The Morgan fingerprint density at radius 1 is 0.971 bits per heavy atom. The summed E-state index contributed by atoms with van der Waals surface area (Å²) in [6, 6.07) is 22.9. The first-order chi connectivity index (χ1) is 17.0. The van der Waals surface area contributed by atoms with E-state index in [9.17, 15) is 14.4 Å². The molecule has 0 aromatic heterocycles. The van der Waals surface area contributed by atoms with E-state index in [-0.39, 0.29) is 23.4 Å². The third-order valence-corrected chi connectivity index (χ3v) is 5.96. The zero-order valence-electron chi connectivity index (χ0n) is 18.7. The lowest BCUT2D eigenvalue weighted by atomic mass is 10.2. The molecule has 0 saturated carbocycles. The minimum Gasteiger partial charge on any atom is -0.496 e. The first-order valence-electron chi connectivity index (χ1n) is 10.6. The van der Waals surface area contributed by atoms with Crippen molar-refractivity contribution in [2.75, 3.05) is 12.4 Å². The molecule has 0 unspecified atom stereocenters. The molecule has 1 heterocycles. The number of hydrazone groups is 1. The predicted molar refractivity (Wildman–Crippen MR) is 134 cm³/mol. The number of amidine groups is 1. The summed E-state index contributed by atoms with van der Waals surface area (Å²) in [5.74, 6) is 0.489. The standard InChI is InChI=1S/C25H22N4O5S/c1-33-20-10-6-5-9-19(20)23(31)28-29-25-27-22(30)15-21(35-25)24(32)26-16-11-13-18(14-12-16)34-17-7-3-2-4-8-17/h2-14,21H,15H2,1H3,(H,26,32)(H,28,31)(H,27,29,30)/t21-/m1/s1. The van der Waals surface area contributed by atoms with E-state index in [1.54, 1.807) is 48.5 Å². The molecule has 1 saturated heterocycles. The van der Waals surface area contributed by atoms with Gasteiger partial charge in [0.2, 0.25) is 11.8 Å². The van der Waals surface area contributed by atoms with Crippen LogP contribution < -0.4 is 25.5 Å². The molecule has 1 aliphatic heterocycles. The fourth-order valence-corrected chi connectivity index (χ4v) is 4.13. The largest absolute Gasteiger partial charge is 0.496 e. The second-order valence-corrected chi connectivity index (χ2v) is 8.54. The predicted octanol–water partition coefficient (Wildman–Crippen LogP) is 3.75. The highest BCUT2D eigenvalue weighted by atomic mass is 32.2. The van der Waals surface area contributed by atoms with Crippen LogP contribution in [0.4, 0.5) is 5.69 Å². The molecule has 1 fully saturated rings. The SMILES string of the molecule is COc1ccccc1C(=O)NN=C1NC(=O)C[C@H](C(=O)Nc2ccc(Oc3ccccc3)cc2)S1. The number of carbonyl (C=O) groups excluding carboxylic acids is 3. The summed E-state index contributed by atoms with van der Waals surface area (Å²) in [5.41, 5.74) is 3.24. The van der Waals surface area contributed by atoms with Crippen LogP contribution in [0.25, 0.3) is 0 Å². The zero-order chi connectivity index (χ0) is 24.6. The Morgan fingerprint density at radius 2 is 1.66 bits per heavy atom. The summed E-state index contributed by atoms with van der Waals surface area (Å²) in [6.07, 6.45) is -0.0226. The van der Waals surface area contributed by atoms with Crippen molar-refractivity contribution in [2.24, 2.45) is 5.10 Å². The van der Waals surface area contributed by atoms with Crippen molar-refractivity contribution in [1.82, 2.24) is 10.7 Å². The lowest BCUT2D eigenvalue weighted by molar-refractivity contribution is -0.123. The van der Waals surface area contributed by atoms with Gasteiger partial charge in [0.25, 0.3) is 5.91 Å². The number of amides is 3. The van der Waals surface area contributed by atoms with Gasteiger partial charge in [0.1, 0.15) is 22.5 Å². The minimum atomic E-state index is -0.717. The van der Waals surface area contributed by atoms with Crippen LogP contribution in [-0.4, -0.2) is 35.2 Å². The number of thioether (sulfide) groups is 1. The van der Waals surface area contributed by atoms with Gasteiger partial charge in [0.05, 0.1) is 12.7 Å². The number of nitrogens with one attached hydrogen (secondary N) is 3. The molecule has 3 aromatic rings. The number of benzene rings is 3. The number of nitrogens with zero attached hydrogens (tertiary/aromatic N) is 1. The van der Waals surface area contributed by atoms with Crippen molar-refractivity contribution >= 4 is 40.3 Å². The topological polar surface area (TPSA) is 118 Å². The van der Waals surface area contributed by atoms with Crippen LogP contribution in [0.2, 0.25) is 0 Å². The van der Waals surface area contributed by atoms with Crippen molar-refractivity contribution in [3.63, 3.8) is 0 Å². The first-order valence-corrected chi connectivity index (χ1v) is 11.5. The molecular weight excluding hydrogens is 468 g/mol. The van der Waals surface area contributed by atoms with E-state index in [1.165, 1.54) is 7.11 Å². The van der Waals surface area contributed by atoms with Crippen molar-refractivity contribution in [3.8, 4) is 17.2 Å². The number of para-hydroxylation sites is 2. The monoisotopic (exact) mass is 490 g/mol. The van der Waals surface area contributed by atoms with E-state index < -0.39 is 11.2 Å². The third kappa shape index (κ3) is 6.39. The molecule has 178 valence electrons. The molecule has 0 bridgehead atoms. The maximum Gasteiger partial charge on any atom is 0.275 e. The van der Waals surface area contributed by atoms with E-state index in [2.05, 4.69) is 21.2 Å². The number of hydrogen-bond donors (Lipinski definition) is 3. The number of anilines is 1. The fraction of sp³-hybridized carbons (Fsp3) is 0.120. The molecule has 3 N–H and O–H groups in total. The van der Waals surface area contributed by atoms with Crippen molar-refractivity contribution < 1.29 is 23.9 Å². The van der Waals surface area contributed by atoms with Crippen LogP contribution in [0.5, 0.6) is 17.2 Å². The Hall–Kier alpha value is -4.31. The number of ether oxygens (including phenoxy) is 2. The summed E-state index contributed by atoms with van der Waals surface area (Å²) < 4.78 is 10.9. The minimum absolute atomic E-state index is 0.0226. The van der Waals surface area contributed by atoms with Crippen LogP contribution in [0.3, 0.4) is 0 Å². The highest BCUT2D eigenvalue weighted by molar-refractivity contribution is 8.15. The Labute approximate surface area is 205 Å². The molecule has 1 atom stereocenters. The molecule has 0 radical (unpaired) electrons. The molecule has 0 aliphatic carbocycles. The molecule has 35 heavy (non-hydrogen) atoms. The Balaban J connectivity index is 1.36. The van der Waals surface area contributed by atoms with Crippen LogP contribution in [0.15, 0.2) is 84.0 Å². The van der Waals surface area contributed by atoms with E-state index in [4.69, 9.17) is 9.47 Å². The van der Waals surface area contributed by atoms with Gasteiger partial charge in [0.15, 0.2) is 5.17 Å². The molecule has 9 nitrogen and oxygen atoms in total. The second-order valence-electron chi connectivity index (χ2n) is 7.35. The van der Waals surface area contributed by atoms with Gasteiger partial charge < -0.3 is 20.1 Å². The average molecular weight is 491 g/mol. The van der Waals surface area contributed by atoms with E-state index in [0.29, 0.717) is 28.5 Å². The zero-order valence-corrected chi connectivity index (χ0v) is 19.5. The van der Waals surface area contributed by atoms with Crippen molar-refractivity contribution in [1.29, 1.82) is 0 Å². The molecule has 10 heteroatoms. The summed E-state index contributed by atoms with van der Waals surface area (Å²) in [7, 11) is 1.46. The second kappa shape index (κ2) is 11.2. The van der Waals surface area contributed by atoms with Gasteiger partial charge in [-0.2, -0.15) is 0 Å². The quantitative estimate of drug-likeness (QED) is 0.434. The molecule has 0 spiro atoms. The smallest absolute Gasteiger partial charge is 0.275 e. The van der Waals surface area contributed by atoms with Gasteiger partial charge in [-0.25, -0.2) is 5.43 Å². The Kier molecular flexibility index (Phi) is 7.63. The van der Waals surface area contributed by atoms with Gasteiger partial charge in [0, 0.05) is 12.1 Å². The van der Waals surface area contributed by atoms with Crippen LogP contribution in [-0.2, 0) is 9.59 Å². The number of methoxy groups -OCH3 is 1. The van der Waals surface area contributed by atoms with Crippen molar-refractivity contribution in [3.05, 3.63) is 84.4 Å². The van der Waals surface area contributed by atoms with Gasteiger partial charge in [-0.1, -0.05) is 42.1 Å². The van der Waals surface area contributed by atoms with Crippen LogP contribution in [0.1, 0.15) is 16.8 Å². The average Bonchev–Trinajstić information content (AvgIpc) is 2.88. The molecule has 3 aromatic carbocycles. The summed E-state index contributed by atoms with van der Waals surface area (Å²) in [4.78, 5) is 37.4. The van der Waals surface area contributed by atoms with Gasteiger partial charge in [-0.15, -0.1) is 5.10 Å². The lowest BCUT2D eigenvalue weighted by Crippen LogP contribution is -2.42. The van der Waals surface area contributed by atoms with E-state index in [0.717, 1.165) is 11.8 Å². The maximum absolute atomic E-state index is 12.8. The summed E-state index contributed by atoms with van der Waals surface area (Å²) in [6.45, 7) is 0. The molecular formula is C25H22N4O5S. The molecule has 1 aliphatic rings. The normalized spacial score (nSPS) is 16.2. The highest BCUT2D eigenvalue weighted by Gasteiger charge is 2.30. The van der Waals surface area contributed by atoms with E-state index >= 15 is 0 Å². The number of hydrogen-bond acceptors (Lipinski definition) is 7. The van der Waals surface area contributed by atoms with Gasteiger partial charge >= 0.3 is 0 Å². The van der Waals surface area contributed by atoms with Crippen LogP contribution >= 0.6 is 11.8 Å². The molecule has 4 rings (SSSR count). The van der Waals surface area contributed by atoms with Gasteiger partial charge in [-0.05, 0) is 48.5 Å². The van der Waals surface area contributed by atoms with Crippen LogP contribution in [0, 0.1) is 0 Å². The van der Waals surface area contributed by atoms with Crippen molar-refractivity contribution in [2.45, 2.75) is 11.7 Å². The van der Waals surface area contributed by atoms with E-state index in [1.807, 2.05) is 30.3 Å². The number of rotatable bonds is 7. The Morgan fingerprint density at radius 3 is 2.40 bits per heavy atom. The fourth-order valence-electron chi connectivity index (χ4n) is 3.19. The summed E-state index contributed by atoms with van der Waals surface area (Å²) >= 11 is 1.05. The highest BCUT2D eigenvalue weighted by Crippen LogP contribution is 2.25. The Bertz CT molecular complexity index is 1250. The first kappa shape index (κ1) is 23.8. The maximum atomic E-state index is 12.8. The molecule has 3 amide bonds.